The lowest BCUT2D eigenvalue weighted by Gasteiger charge is -2.45. The van der Waals surface area contributed by atoms with Gasteiger partial charge in [0, 0.05) is 38.9 Å². The van der Waals surface area contributed by atoms with Gasteiger partial charge in [-0.15, -0.1) is 0 Å². The van der Waals surface area contributed by atoms with Crippen LogP contribution in [0.2, 0.25) is 0 Å². The zero-order valence-corrected chi connectivity index (χ0v) is 37.2. The Morgan fingerprint density at radius 2 is 0.896 bits per heavy atom. The lowest BCUT2D eigenvalue weighted by molar-refractivity contribution is 0.660. The molecule has 0 saturated carbocycles. The molecule has 0 amide bonds. The molecule has 1 aromatic heterocycles. The van der Waals surface area contributed by atoms with E-state index in [2.05, 4.69) is 242 Å². The Morgan fingerprint density at radius 3 is 1.64 bits per heavy atom. The van der Waals surface area contributed by atoms with Gasteiger partial charge in [-0.2, -0.15) is 0 Å². The molecule has 3 nitrogen and oxygen atoms in total. The third-order valence-electron chi connectivity index (χ3n) is 15.0. The Balaban J connectivity index is 1.01. The van der Waals surface area contributed by atoms with E-state index in [0.717, 1.165) is 55.8 Å². The summed E-state index contributed by atoms with van der Waals surface area (Å²) in [6.45, 7) is 4.74. The van der Waals surface area contributed by atoms with Gasteiger partial charge in [0.2, 0.25) is 0 Å². The van der Waals surface area contributed by atoms with E-state index >= 15 is 0 Å². The second-order valence-electron chi connectivity index (χ2n) is 18.8. The number of anilines is 6. The Hall–Kier alpha value is -8.40. The molecule has 67 heavy (non-hydrogen) atoms. The summed E-state index contributed by atoms with van der Waals surface area (Å²) in [6, 6.07) is 85.3. The summed E-state index contributed by atoms with van der Waals surface area (Å²) in [5, 5.41) is 2.25. The second kappa shape index (κ2) is 14.1. The number of fused-ring (bicyclic) bond motifs is 15. The Morgan fingerprint density at radius 1 is 0.358 bits per heavy atom. The van der Waals surface area contributed by atoms with Crippen LogP contribution in [0.1, 0.15) is 47.2 Å². The molecule has 0 fully saturated rings. The molecule has 11 aromatic rings. The fourth-order valence-corrected chi connectivity index (χ4v) is 12.1. The first-order valence-corrected chi connectivity index (χ1v) is 23.3. The molecule has 2 aliphatic carbocycles. The van der Waals surface area contributed by atoms with Gasteiger partial charge in [0.05, 0.1) is 16.8 Å². The van der Waals surface area contributed by atoms with Gasteiger partial charge in [-0.25, -0.2) is 0 Å². The molecule has 1 aliphatic heterocycles. The van der Waals surface area contributed by atoms with Crippen molar-refractivity contribution in [3.63, 3.8) is 0 Å². The third-order valence-corrected chi connectivity index (χ3v) is 15.0. The van der Waals surface area contributed by atoms with Gasteiger partial charge < -0.3 is 14.2 Å². The lowest BCUT2D eigenvalue weighted by atomic mass is 9.64. The smallest absolute Gasteiger partial charge is 0.135 e. The van der Waals surface area contributed by atoms with Gasteiger partial charge in [0.15, 0.2) is 0 Å². The van der Waals surface area contributed by atoms with Crippen molar-refractivity contribution in [2.24, 2.45) is 0 Å². The number of rotatable bonds is 5. The predicted octanol–water partition coefficient (Wildman–Crippen LogP) is 17.2. The fraction of sp³-hybridized carbons (Fsp3) is 0.0625. The van der Waals surface area contributed by atoms with Crippen molar-refractivity contribution in [1.82, 2.24) is 0 Å². The molecule has 14 rings (SSSR count). The summed E-state index contributed by atoms with van der Waals surface area (Å²) in [5.41, 5.74) is 23.2. The third kappa shape index (κ3) is 5.28. The van der Waals surface area contributed by atoms with Gasteiger partial charge in [-0.1, -0.05) is 166 Å². The fourth-order valence-electron chi connectivity index (χ4n) is 12.1. The maximum atomic E-state index is 6.27. The molecule has 0 bridgehead atoms. The molecule has 0 unspecified atom stereocenters. The lowest BCUT2D eigenvalue weighted by Crippen LogP contribution is -2.36. The van der Waals surface area contributed by atoms with E-state index in [1.807, 2.05) is 12.1 Å². The number of hydrogen-bond acceptors (Lipinski definition) is 3. The minimum Gasteiger partial charge on any atom is -0.456 e. The summed E-state index contributed by atoms with van der Waals surface area (Å²) in [5.74, 6) is 0. The summed E-state index contributed by atoms with van der Waals surface area (Å²) in [6.07, 6.45) is 0. The number of benzene rings is 10. The quantitative estimate of drug-likeness (QED) is 0.172. The van der Waals surface area contributed by atoms with Crippen LogP contribution in [0.3, 0.4) is 0 Å². The van der Waals surface area contributed by atoms with Crippen molar-refractivity contribution in [3.8, 4) is 33.4 Å². The van der Waals surface area contributed by atoms with E-state index in [-0.39, 0.29) is 5.41 Å². The number of nitrogens with zero attached hydrogens (tertiary/aromatic N) is 2. The molecule has 0 radical (unpaired) electrons. The first kappa shape index (κ1) is 37.9. The van der Waals surface area contributed by atoms with E-state index in [1.54, 1.807) is 0 Å². The van der Waals surface area contributed by atoms with Gasteiger partial charge in [-0.3, -0.25) is 0 Å². The summed E-state index contributed by atoms with van der Waals surface area (Å²) >= 11 is 0. The van der Waals surface area contributed by atoms with Gasteiger partial charge in [0.1, 0.15) is 11.2 Å². The highest BCUT2D eigenvalue weighted by Gasteiger charge is 2.52. The van der Waals surface area contributed by atoms with Crippen LogP contribution < -0.4 is 9.80 Å². The van der Waals surface area contributed by atoms with Crippen LogP contribution in [0.5, 0.6) is 0 Å². The Kier molecular flexibility index (Phi) is 7.95. The topological polar surface area (TPSA) is 19.6 Å². The summed E-state index contributed by atoms with van der Waals surface area (Å²) in [7, 11) is 0. The SMILES string of the molecule is CC1(C)c2ccccc2-c2ccc(N(c3cccc(-c4ccc5oc6ccccc6c5c4)c3)c3ccc4c(c3)C3(c5ccccc5-4)c4ccccc4N(c4ccccc4)c4ccccc43)cc21. The molecule has 10 aromatic carbocycles. The van der Waals surface area contributed by atoms with E-state index in [9.17, 15) is 0 Å². The molecule has 3 aliphatic rings. The Bertz CT molecular complexity index is 3770. The molecule has 1 spiro atoms. The molecule has 2 heterocycles. The average molecular weight is 857 g/mol. The molecule has 0 atom stereocenters. The van der Waals surface area contributed by atoms with E-state index in [4.69, 9.17) is 4.42 Å². The van der Waals surface area contributed by atoms with Crippen LogP contribution in [0.25, 0.3) is 55.3 Å². The van der Waals surface area contributed by atoms with Crippen molar-refractivity contribution in [1.29, 1.82) is 0 Å². The maximum absolute atomic E-state index is 6.27. The van der Waals surface area contributed by atoms with E-state index in [1.165, 1.54) is 67.0 Å². The standard InChI is InChI=1S/C64H44N2O/c1-63(2)53-24-9-6-21-47(53)49-34-32-45(39-57(49)63)65(44-20-16-17-41(37-44)42-31-36-62-52(38-42)51-23-8-15-30-61(51)67-62)46-33-35-50-48-22-7-10-25-54(48)64(58(50)40-46)55-26-11-13-28-59(55)66(43-18-4-3-5-19-43)60-29-14-12-27-56(60)64/h3-40H,1-2H3. The van der Waals surface area contributed by atoms with Gasteiger partial charge in [0.25, 0.3) is 0 Å². The molecule has 0 saturated heterocycles. The maximum Gasteiger partial charge on any atom is 0.135 e. The van der Waals surface area contributed by atoms with Gasteiger partial charge in [-0.05, 0) is 146 Å². The monoisotopic (exact) mass is 856 g/mol. The van der Waals surface area contributed by atoms with Crippen molar-refractivity contribution in [3.05, 3.63) is 264 Å². The summed E-state index contributed by atoms with van der Waals surface area (Å²) < 4.78 is 6.27. The number of furan rings is 1. The normalized spacial score (nSPS) is 14.3. The highest BCUT2D eigenvalue weighted by Crippen LogP contribution is 2.64. The average Bonchev–Trinajstić information content (AvgIpc) is 3.98. The van der Waals surface area contributed by atoms with E-state index < -0.39 is 5.41 Å². The van der Waals surface area contributed by atoms with Crippen LogP contribution in [0.15, 0.2) is 235 Å². The molecular weight excluding hydrogens is 813 g/mol. The second-order valence-corrected chi connectivity index (χ2v) is 18.8. The van der Waals surface area contributed by atoms with Crippen LogP contribution in [0.4, 0.5) is 34.1 Å². The molecular formula is C64H44N2O. The van der Waals surface area contributed by atoms with Gasteiger partial charge >= 0.3 is 0 Å². The minimum atomic E-state index is -0.585. The number of para-hydroxylation sites is 4. The highest BCUT2D eigenvalue weighted by molar-refractivity contribution is 6.06. The van der Waals surface area contributed by atoms with Crippen molar-refractivity contribution < 1.29 is 4.42 Å². The minimum absolute atomic E-state index is 0.165. The molecule has 3 heteroatoms. The van der Waals surface area contributed by atoms with Crippen LogP contribution in [-0.2, 0) is 10.8 Å². The van der Waals surface area contributed by atoms with Crippen molar-refractivity contribution in [2.75, 3.05) is 9.80 Å². The zero-order chi connectivity index (χ0) is 44.4. The predicted molar refractivity (Wildman–Crippen MR) is 277 cm³/mol. The van der Waals surface area contributed by atoms with E-state index in [0.29, 0.717) is 0 Å². The van der Waals surface area contributed by atoms with Crippen LogP contribution in [0, 0.1) is 0 Å². The zero-order valence-electron chi connectivity index (χ0n) is 37.2. The van der Waals surface area contributed by atoms with Crippen LogP contribution >= 0.6 is 0 Å². The Labute approximate surface area is 390 Å². The summed E-state index contributed by atoms with van der Waals surface area (Å²) in [4.78, 5) is 4.94. The first-order valence-electron chi connectivity index (χ1n) is 23.3. The number of hydrogen-bond donors (Lipinski definition) is 0. The first-order chi connectivity index (χ1) is 33.0. The largest absolute Gasteiger partial charge is 0.456 e. The molecule has 0 N–H and O–H groups in total. The van der Waals surface area contributed by atoms with Crippen molar-refractivity contribution in [2.45, 2.75) is 24.7 Å². The molecule has 316 valence electrons. The van der Waals surface area contributed by atoms with Crippen LogP contribution in [-0.4, -0.2) is 0 Å². The highest BCUT2D eigenvalue weighted by atomic mass is 16.3. The van der Waals surface area contributed by atoms with Crippen molar-refractivity contribution >= 4 is 56.1 Å².